The van der Waals surface area contributed by atoms with Crippen molar-refractivity contribution in [2.45, 2.75) is 43.9 Å². The first-order chi connectivity index (χ1) is 18.9. The Morgan fingerprint density at radius 3 is 2.33 bits per heavy atom. The quantitative estimate of drug-likeness (QED) is 0.352. The highest BCUT2D eigenvalue weighted by Gasteiger charge is 2.37. The first-order valence-corrected chi connectivity index (χ1v) is 12.6. The van der Waals surface area contributed by atoms with Crippen LogP contribution in [0, 0.1) is 5.92 Å². The number of carbonyl (C=O) groups excluding carboxylic acids is 3. The van der Waals surface area contributed by atoms with Gasteiger partial charge in [0.15, 0.2) is 5.83 Å². The maximum atomic E-state index is 13.5. The van der Waals surface area contributed by atoms with Crippen LogP contribution in [0.15, 0.2) is 43.0 Å². The molecule has 0 unspecified atom stereocenters. The zero-order valence-electron chi connectivity index (χ0n) is 21.1. The number of pyridine rings is 2. The Balaban J connectivity index is 1.50. The summed E-state index contributed by atoms with van der Waals surface area (Å²) < 4.78 is 54.1. The minimum atomic E-state index is -4.62. The van der Waals surface area contributed by atoms with E-state index in [0.717, 1.165) is 12.3 Å². The Bertz CT molecular complexity index is 1490. The molecule has 5 rings (SSSR count). The molecule has 2 fully saturated rings. The van der Waals surface area contributed by atoms with Crippen LogP contribution in [-0.4, -0.2) is 61.5 Å². The second-order valence-corrected chi connectivity index (χ2v) is 9.97. The number of fused-ring (bicyclic) bond motifs is 1. The summed E-state index contributed by atoms with van der Waals surface area (Å²) in [5.74, 6) is -2.97. The lowest BCUT2D eigenvalue weighted by Crippen LogP contribution is -2.51. The van der Waals surface area contributed by atoms with E-state index in [0.29, 0.717) is 31.2 Å². The number of rotatable bonds is 6. The highest BCUT2D eigenvalue weighted by Crippen LogP contribution is 2.35. The van der Waals surface area contributed by atoms with Gasteiger partial charge < -0.3 is 16.0 Å². The van der Waals surface area contributed by atoms with Gasteiger partial charge in [0.1, 0.15) is 22.4 Å². The van der Waals surface area contributed by atoms with Crippen LogP contribution < -0.4 is 11.1 Å². The minimum Gasteiger partial charge on any atom is -0.369 e. The fraction of sp³-hybridized carbons (Fsp3) is 0.385. The number of hydrogen-bond donors (Lipinski definition) is 2. The Kier molecular flexibility index (Phi) is 7.02. The lowest BCUT2D eigenvalue weighted by Gasteiger charge is -2.39. The summed E-state index contributed by atoms with van der Waals surface area (Å²) in [5, 5.41) is 7.56. The van der Waals surface area contributed by atoms with Crippen molar-refractivity contribution < 1.29 is 31.9 Å². The van der Waals surface area contributed by atoms with Gasteiger partial charge in [-0.3, -0.25) is 29.0 Å². The predicted molar refractivity (Wildman–Crippen MR) is 134 cm³/mol. The van der Waals surface area contributed by atoms with Gasteiger partial charge in [-0.15, -0.1) is 0 Å². The van der Waals surface area contributed by atoms with Gasteiger partial charge in [-0.1, -0.05) is 6.58 Å². The van der Waals surface area contributed by atoms with E-state index in [4.69, 9.17) is 5.73 Å². The van der Waals surface area contributed by atoms with Gasteiger partial charge in [0, 0.05) is 43.0 Å². The molecule has 0 spiro atoms. The van der Waals surface area contributed by atoms with Crippen molar-refractivity contribution in [3.8, 4) is 11.3 Å². The number of carbonyl (C=O) groups is 3. The number of alkyl halides is 3. The monoisotopic (exact) mass is 559 g/mol. The number of nitrogens with one attached hydrogen (secondary N) is 1. The second-order valence-electron chi connectivity index (χ2n) is 9.97. The summed E-state index contributed by atoms with van der Waals surface area (Å²) in [6.45, 7) is 3.18. The number of amides is 3. The van der Waals surface area contributed by atoms with Crippen molar-refractivity contribution >= 4 is 28.8 Å². The molecule has 40 heavy (non-hydrogen) atoms. The van der Waals surface area contributed by atoms with Crippen molar-refractivity contribution in [3.05, 3.63) is 54.3 Å². The molecule has 4 heterocycles. The zero-order chi connectivity index (χ0) is 28.8. The molecule has 3 aromatic heterocycles. The van der Waals surface area contributed by atoms with Gasteiger partial charge in [0.05, 0.1) is 11.6 Å². The smallest absolute Gasteiger partial charge is 0.369 e. The van der Waals surface area contributed by atoms with Crippen molar-refractivity contribution in [1.29, 1.82) is 0 Å². The number of hydrogen-bond acceptors (Lipinski definition) is 6. The third-order valence-electron chi connectivity index (χ3n) is 7.35. The van der Waals surface area contributed by atoms with Crippen LogP contribution in [0.5, 0.6) is 0 Å². The molecule has 1 saturated heterocycles. The topological polar surface area (TPSA) is 136 Å². The number of likely N-dealkylation sites (tertiary alicyclic amines) is 1. The minimum absolute atomic E-state index is 0.0797. The van der Waals surface area contributed by atoms with E-state index < -0.39 is 35.6 Å². The fourth-order valence-electron chi connectivity index (χ4n) is 5.14. The highest BCUT2D eigenvalue weighted by atomic mass is 19.4. The molecule has 0 aromatic carbocycles. The predicted octanol–water partition coefficient (Wildman–Crippen LogP) is 3.15. The number of aromatic nitrogens is 4. The molecule has 210 valence electrons. The van der Waals surface area contributed by atoms with E-state index >= 15 is 0 Å². The largest absolute Gasteiger partial charge is 0.433 e. The van der Waals surface area contributed by atoms with Gasteiger partial charge in [-0.05, 0) is 43.9 Å². The van der Waals surface area contributed by atoms with Crippen LogP contribution in [0.2, 0.25) is 0 Å². The fourth-order valence-corrected chi connectivity index (χ4v) is 5.14. The lowest BCUT2D eigenvalue weighted by atomic mass is 9.85. The Morgan fingerprint density at radius 1 is 1.05 bits per heavy atom. The lowest BCUT2D eigenvalue weighted by molar-refractivity contribution is -0.141. The summed E-state index contributed by atoms with van der Waals surface area (Å²) in [4.78, 5) is 46.0. The first kappa shape index (κ1) is 27.2. The molecule has 1 aliphatic heterocycles. The van der Waals surface area contributed by atoms with Gasteiger partial charge in [-0.25, -0.2) is 4.39 Å². The van der Waals surface area contributed by atoms with E-state index in [1.807, 2.05) is 0 Å². The van der Waals surface area contributed by atoms with Crippen LogP contribution in [0.4, 0.5) is 17.6 Å². The van der Waals surface area contributed by atoms with Crippen molar-refractivity contribution in [2.24, 2.45) is 11.7 Å². The van der Waals surface area contributed by atoms with Gasteiger partial charge in [0.25, 0.3) is 11.8 Å². The molecular formula is C26H25F4N7O3. The van der Waals surface area contributed by atoms with Gasteiger partial charge in [-0.2, -0.15) is 18.3 Å². The summed E-state index contributed by atoms with van der Waals surface area (Å²) in [6, 6.07) is 2.91. The van der Waals surface area contributed by atoms with Crippen molar-refractivity contribution in [2.75, 3.05) is 13.1 Å². The van der Waals surface area contributed by atoms with E-state index in [9.17, 15) is 31.9 Å². The normalized spacial score (nSPS) is 19.8. The summed E-state index contributed by atoms with van der Waals surface area (Å²) in [7, 11) is 0. The van der Waals surface area contributed by atoms with E-state index in [2.05, 4.69) is 27.0 Å². The number of primary amides is 1. The van der Waals surface area contributed by atoms with Gasteiger partial charge in [0.2, 0.25) is 5.91 Å². The Labute approximate surface area is 225 Å². The molecule has 1 saturated carbocycles. The molecule has 0 bridgehead atoms. The molecule has 14 heteroatoms. The number of halogens is 4. The molecular weight excluding hydrogens is 534 g/mol. The third kappa shape index (κ3) is 5.12. The van der Waals surface area contributed by atoms with Crippen LogP contribution >= 0.6 is 0 Å². The zero-order valence-corrected chi connectivity index (χ0v) is 21.1. The number of nitrogens with two attached hydrogens (primary N) is 1. The second kappa shape index (κ2) is 10.3. The van der Waals surface area contributed by atoms with E-state index in [1.165, 1.54) is 27.9 Å². The van der Waals surface area contributed by atoms with Crippen LogP contribution in [-0.2, 0) is 15.8 Å². The van der Waals surface area contributed by atoms with Crippen molar-refractivity contribution in [1.82, 2.24) is 30.0 Å². The summed E-state index contributed by atoms with van der Waals surface area (Å²) in [5.41, 5.74) is 5.57. The molecule has 0 radical (unpaired) electrons. The average Bonchev–Trinajstić information content (AvgIpc) is 3.27. The molecule has 1 aliphatic carbocycles. The van der Waals surface area contributed by atoms with E-state index in [1.54, 1.807) is 0 Å². The maximum absolute atomic E-state index is 13.5. The maximum Gasteiger partial charge on any atom is 0.433 e. The molecule has 3 N–H and O–H groups in total. The highest BCUT2D eigenvalue weighted by molar-refractivity contribution is 6.07. The standard InChI is InChI=1S/C26H25F4N7O3/c1-13(27)25(40)36-11-17(12-36)37-22-18(24(39)34-16-5-2-14(3-6-16)23(31)38)8-9-32-21(22)20(35-37)15-4-7-19(33-10-15)26(28,29)30/h4,7-10,14,16-17H,1-3,5-6,11-12H2,(H2,31,38)(H,34,39). The van der Waals surface area contributed by atoms with Crippen molar-refractivity contribution in [3.63, 3.8) is 0 Å². The Hall–Kier alpha value is -4.36. The molecule has 3 aromatic rings. The van der Waals surface area contributed by atoms with Crippen LogP contribution in [0.25, 0.3) is 22.3 Å². The molecule has 10 nitrogen and oxygen atoms in total. The summed E-state index contributed by atoms with van der Waals surface area (Å²) >= 11 is 0. The molecule has 2 aliphatic rings. The van der Waals surface area contributed by atoms with Gasteiger partial charge >= 0.3 is 6.18 Å². The Morgan fingerprint density at radius 2 is 1.75 bits per heavy atom. The van der Waals surface area contributed by atoms with Crippen LogP contribution in [0.1, 0.15) is 47.8 Å². The summed E-state index contributed by atoms with van der Waals surface area (Å²) in [6.07, 6.45) is 0.0660. The van der Waals surface area contributed by atoms with E-state index in [-0.39, 0.29) is 53.3 Å². The third-order valence-corrected chi connectivity index (χ3v) is 7.35. The molecule has 0 atom stereocenters. The number of nitrogens with zero attached hydrogens (tertiary/aromatic N) is 5. The molecule has 3 amide bonds. The first-order valence-electron chi connectivity index (χ1n) is 12.6. The van der Waals surface area contributed by atoms with Crippen LogP contribution in [0.3, 0.4) is 0 Å². The average molecular weight is 560 g/mol. The SMILES string of the molecule is C=C(F)C(=O)N1CC(n2nc(-c3ccc(C(F)(F)F)nc3)c3nccc(C(=O)NC4CCC(C(N)=O)CC4)c32)C1.